The first-order chi connectivity index (χ1) is 14.0. The molecule has 1 aromatic carbocycles. The van der Waals surface area contributed by atoms with E-state index in [0.29, 0.717) is 41.1 Å². The van der Waals surface area contributed by atoms with Gasteiger partial charge >= 0.3 is 0 Å². The third kappa shape index (κ3) is 4.80. The average Bonchev–Trinajstić information content (AvgIpc) is 3.01. The Hall–Kier alpha value is -1.11. The molecule has 5 nitrogen and oxygen atoms in total. The lowest BCUT2D eigenvalue weighted by molar-refractivity contribution is -0.0451. The van der Waals surface area contributed by atoms with Crippen LogP contribution in [0.5, 0.6) is 0 Å². The lowest BCUT2D eigenvalue weighted by Crippen LogP contribution is -2.22. The van der Waals surface area contributed by atoms with E-state index in [1.165, 1.54) is 0 Å². The molecule has 29 heavy (non-hydrogen) atoms. The molecule has 2 heterocycles. The van der Waals surface area contributed by atoms with Gasteiger partial charge in [0.05, 0.1) is 48.2 Å². The largest absolute Gasteiger partial charge is 0.376 e. The van der Waals surface area contributed by atoms with Crippen LogP contribution in [0.15, 0.2) is 22.7 Å². The Morgan fingerprint density at radius 1 is 1.07 bits per heavy atom. The van der Waals surface area contributed by atoms with Crippen molar-refractivity contribution in [3.05, 3.63) is 39.6 Å². The van der Waals surface area contributed by atoms with E-state index in [1.54, 1.807) is 0 Å². The number of hydrogen-bond acceptors (Lipinski definition) is 5. The molecule has 0 N–H and O–H groups in total. The molecule has 2 aliphatic rings. The summed E-state index contributed by atoms with van der Waals surface area (Å²) in [5, 5.41) is 5.40. The van der Waals surface area contributed by atoms with Crippen LogP contribution in [0.4, 0.5) is 0 Å². The van der Waals surface area contributed by atoms with Crippen LogP contribution in [-0.4, -0.2) is 36.7 Å². The molecule has 3 atom stereocenters. The molecule has 0 radical (unpaired) electrons. The molecule has 0 unspecified atom stereocenters. The second kappa shape index (κ2) is 9.36. The average molecular weight is 440 g/mol. The topological polar surface area (TPSA) is 53.7 Å². The lowest BCUT2D eigenvalue weighted by atomic mass is 10.0. The number of ether oxygens (including phenoxy) is 3. The number of hydrogen-bond donors (Lipinski definition) is 0. The predicted octanol–water partition coefficient (Wildman–Crippen LogP) is 6.02. The molecule has 2 bridgehead atoms. The van der Waals surface area contributed by atoms with E-state index in [1.807, 2.05) is 18.2 Å². The fourth-order valence-corrected chi connectivity index (χ4v) is 4.77. The van der Waals surface area contributed by atoms with Crippen LogP contribution in [0.1, 0.15) is 56.8 Å². The highest BCUT2D eigenvalue weighted by molar-refractivity contribution is 6.39. The van der Waals surface area contributed by atoms with E-state index in [0.717, 1.165) is 37.0 Å². The molecule has 158 valence electrons. The molecule has 0 amide bonds. The fourth-order valence-electron chi connectivity index (χ4n) is 4.20. The van der Waals surface area contributed by atoms with Crippen molar-refractivity contribution >= 4 is 23.2 Å². The van der Waals surface area contributed by atoms with Gasteiger partial charge in [-0.2, -0.15) is 0 Å². The monoisotopic (exact) mass is 439 g/mol. The highest BCUT2D eigenvalue weighted by Crippen LogP contribution is 2.39. The van der Waals surface area contributed by atoms with Gasteiger partial charge in [-0.05, 0) is 37.8 Å². The van der Waals surface area contributed by atoms with E-state index in [2.05, 4.69) is 19.0 Å². The summed E-state index contributed by atoms with van der Waals surface area (Å²) in [6.45, 7) is 5.85. The molecule has 1 aliphatic carbocycles. The molecule has 7 heteroatoms. The maximum atomic E-state index is 6.44. The molecule has 1 aliphatic heterocycles. The van der Waals surface area contributed by atoms with Crippen molar-refractivity contribution in [1.29, 1.82) is 0 Å². The Morgan fingerprint density at radius 2 is 1.69 bits per heavy atom. The van der Waals surface area contributed by atoms with Crippen molar-refractivity contribution in [2.45, 2.75) is 70.4 Å². The maximum absolute atomic E-state index is 6.44. The van der Waals surface area contributed by atoms with Crippen LogP contribution in [0.3, 0.4) is 0 Å². The highest BCUT2D eigenvalue weighted by Gasteiger charge is 2.30. The maximum Gasteiger partial charge on any atom is 0.145 e. The zero-order valence-corrected chi connectivity index (χ0v) is 18.3. The summed E-state index contributed by atoms with van der Waals surface area (Å²) in [5.74, 6) is 0.967. The van der Waals surface area contributed by atoms with Gasteiger partial charge in [-0.15, -0.1) is 0 Å². The van der Waals surface area contributed by atoms with Gasteiger partial charge in [-0.3, -0.25) is 0 Å². The normalized spacial score (nSPS) is 25.1. The lowest BCUT2D eigenvalue weighted by Gasteiger charge is -2.20. The first-order valence-electron chi connectivity index (χ1n) is 10.3. The van der Waals surface area contributed by atoms with Gasteiger partial charge in [0.15, 0.2) is 0 Å². The summed E-state index contributed by atoms with van der Waals surface area (Å²) in [7, 11) is 0. The summed E-state index contributed by atoms with van der Waals surface area (Å²) < 4.78 is 23.9. The number of benzene rings is 1. The molecular weight excluding hydrogens is 413 g/mol. The smallest absolute Gasteiger partial charge is 0.145 e. The molecule has 2 fully saturated rings. The number of halogens is 2. The van der Waals surface area contributed by atoms with Crippen LogP contribution < -0.4 is 0 Å². The molecule has 1 aromatic heterocycles. The highest BCUT2D eigenvalue weighted by atomic mass is 35.5. The van der Waals surface area contributed by atoms with Gasteiger partial charge in [0.25, 0.3) is 0 Å². The molecule has 2 aromatic rings. The van der Waals surface area contributed by atoms with Gasteiger partial charge in [-0.25, -0.2) is 0 Å². The van der Waals surface area contributed by atoms with E-state index in [-0.39, 0.29) is 24.2 Å². The zero-order valence-electron chi connectivity index (χ0n) is 16.8. The van der Waals surface area contributed by atoms with Crippen molar-refractivity contribution in [1.82, 2.24) is 5.16 Å². The van der Waals surface area contributed by atoms with Gasteiger partial charge in [0, 0.05) is 17.0 Å². The van der Waals surface area contributed by atoms with E-state index < -0.39 is 0 Å². The van der Waals surface area contributed by atoms with E-state index in [9.17, 15) is 0 Å². The Balaban J connectivity index is 1.59. The van der Waals surface area contributed by atoms with E-state index in [4.69, 9.17) is 41.9 Å². The summed E-state index contributed by atoms with van der Waals surface area (Å²) in [6, 6.07) is 5.44. The second-order valence-corrected chi connectivity index (χ2v) is 8.91. The number of nitrogens with zero attached hydrogens (tertiary/aromatic N) is 1. The summed E-state index contributed by atoms with van der Waals surface area (Å²) in [6.07, 6.45) is 4.34. The SMILES string of the molecule is CC(C)c1onc(-c2c(Cl)cccc2Cl)c1CO[C@@H]1C[C@H]2CC[C@@H](C1)OCCO2. The molecule has 0 spiro atoms. The number of aromatic nitrogens is 1. The minimum absolute atomic E-state index is 0.0649. The van der Waals surface area contributed by atoms with Crippen molar-refractivity contribution in [2.24, 2.45) is 0 Å². The molecule has 1 saturated heterocycles. The summed E-state index contributed by atoms with van der Waals surface area (Å²) in [4.78, 5) is 0. The first-order valence-corrected chi connectivity index (χ1v) is 11.1. The zero-order chi connectivity index (χ0) is 20.4. The predicted molar refractivity (Wildman–Crippen MR) is 113 cm³/mol. The van der Waals surface area contributed by atoms with Crippen LogP contribution in [0.25, 0.3) is 11.3 Å². The first kappa shape index (κ1) is 21.1. The Morgan fingerprint density at radius 3 is 2.28 bits per heavy atom. The van der Waals surface area contributed by atoms with E-state index >= 15 is 0 Å². The number of rotatable bonds is 5. The van der Waals surface area contributed by atoms with Crippen molar-refractivity contribution in [3.8, 4) is 11.3 Å². The molecular formula is C22H27Cl2NO4. The second-order valence-electron chi connectivity index (χ2n) is 8.09. The molecule has 4 rings (SSSR count). The third-order valence-electron chi connectivity index (χ3n) is 5.66. The number of fused-ring (bicyclic) bond motifs is 3. The van der Waals surface area contributed by atoms with Crippen LogP contribution in [0, 0.1) is 0 Å². The van der Waals surface area contributed by atoms with Crippen LogP contribution >= 0.6 is 23.2 Å². The summed E-state index contributed by atoms with van der Waals surface area (Å²) in [5.41, 5.74) is 2.25. The van der Waals surface area contributed by atoms with Gasteiger partial charge in [0.2, 0.25) is 0 Å². The van der Waals surface area contributed by atoms with Crippen LogP contribution in [-0.2, 0) is 20.8 Å². The van der Waals surface area contributed by atoms with Gasteiger partial charge in [-0.1, -0.05) is 48.3 Å². The quantitative estimate of drug-likeness (QED) is 0.570. The minimum Gasteiger partial charge on any atom is -0.376 e. The van der Waals surface area contributed by atoms with Crippen molar-refractivity contribution in [3.63, 3.8) is 0 Å². The Kier molecular flexibility index (Phi) is 6.82. The minimum atomic E-state index is 0.0649. The molecule has 1 saturated carbocycles. The summed E-state index contributed by atoms with van der Waals surface area (Å²) >= 11 is 12.9. The van der Waals surface area contributed by atoms with Crippen molar-refractivity contribution in [2.75, 3.05) is 13.2 Å². The van der Waals surface area contributed by atoms with Gasteiger partial charge in [0.1, 0.15) is 11.5 Å². The van der Waals surface area contributed by atoms with Crippen molar-refractivity contribution < 1.29 is 18.7 Å². The van der Waals surface area contributed by atoms with Crippen LogP contribution in [0.2, 0.25) is 10.0 Å². The third-order valence-corrected chi connectivity index (χ3v) is 6.29. The Labute approximate surface area is 181 Å². The standard InChI is InChI=1S/C22H27Cl2NO4/c1-13(2)22-17(21(25-29-22)20-18(23)4-3-5-19(20)24)12-28-16-10-14-6-7-15(11-16)27-9-8-26-14/h3-5,13-16H,6-12H2,1-2H3/t14-,15+,16-. The van der Waals surface area contributed by atoms with Gasteiger partial charge < -0.3 is 18.7 Å². The Bertz CT molecular complexity index is 802. The fraction of sp³-hybridized carbons (Fsp3) is 0.591.